The summed E-state index contributed by atoms with van der Waals surface area (Å²) in [6, 6.07) is 0. The van der Waals surface area contributed by atoms with Gasteiger partial charge in [-0.15, -0.1) is 0 Å². The van der Waals surface area contributed by atoms with Crippen molar-refractivity contribution in [3.8, 4) is 0 Å². The molecule has 21 heavy (non-hydrogen) atoms. The van der Waals surface area contributed by atoms with Gasteiger partial charge in [-0.25, -0.2) is 0 Å². The summed E-state index contributed by atoms with van der Waals surface area (Å²) in [4.78, 5) is 11.7. The van der Waals surface area contributed by atoms with Crippen LogP contribution < -0.4 is 0 Å². The lowest BCUT2D eigenvalue weighted by atomic mass is 9.89. The number of carbonyl (C=O) groups excluding carboxylic acids is 1. The van der Waals surface area contributed by atoms with Gasteiger partial charge in [0.15, 0.2) is 5.78 Å². The van der Waals surface area contributed by atoms with Crippen LogP contribution in [0, 0.1) is 11.8 Å². The SMILES string of the molecule is CCCCCCCCC(=O)C=CCCC(C)C(C)CCO. The van der Waals surface area contributed by atoms with E-state index in [2.05, 4.69) is 20.8 Å². The highest BCUT2D eigenvalue weighted by molar-refractivity contribution is 5.89. The molecule has 0 spiro atoms. The maximum Gasteiger partial charge on any atom is 0.155 e. The number of aliphatic hydroxyl groups excluding tert-OH is 1. The minimum Gasteiger partial charge on any atom is -0.396 e. The van der Waals surface area contributed by atoms with Gasteiger partial charge in [0.2, 0.25) is 0 Å². The van der Waals surface area contributed by atoms with Crippen LogP contribution >= 0.6 is 0 Å². The fraction of sp³-hybridized carbons (Fsp3) is 0.842. The molecule has 0 bridgehead atoms. The molecule has 124 valence electrons. The van der Waals surface area contributed by atoms with Crippen molar-refractivity contribution in [1.82, 2.24) is 0 Å². The zero-order valence-corrected chi connectivity index (χ0v) is 14.4. The zero-order chi connectivity index (χ0) is 15.9. The predicted molar refractivity (Wildman–Crippen MR) is 91.4 cm³/mol. The largest absolute Gasteiger partial charge is 0.396 e. The molecule has 2 heteroatoms. The van der Waals surface area contributed by atoms with Crippen molar-refractivity contribution in [2.75, 3.05) is 6.61 Å². The first kappa shape index (κ1) is 20.4. The average molecular weight is 296 g/mol. The highest BCUT2D eigenvalue weighted by atomic mass is 16.3. The lowest BCUT2D eigenvalue weighted by Gasteiger charge is -2.17. The monoisotopic (exact) mass is 296 g/mol. The number of rotatable bonds is 14. The van der Waals surface area contributed by atoms with Crippen molar-refractivity contribution in [1.29, 1.82) is 0 Å². The van der Waals surface area contributed by atoms with Crippen LogP contribution in [-0.2, 0) is 4.79 Å². The smallest absolute Gasteiger partial charge is 0.155 e. The topological polar surface area (TPSA) is 37.3 Å². The van der Waals surface area contributed by atoms with Crippen LogP contribution in [0.4, 0.5) is 0 Å². The van der Waals surface area contributed by atoms with Gasteiger partial charge >= 0.3 is 0 Å². The Kier molecular flexibility index (Phi) is 13.9. The molecule has 0 aromatic heterocycles. The second kappa shape index (κ2) is 14.3. The van der Waals surface area contributed by atoms with Crippen LogP contribution in [-0.4, -0.2) is 17.5 Å². The summed E-state index contributed by atoms with van der Waals surface area (Å²) >= 11 is 0. The van der Waals surface area contributed by atoms with E-state index in [0.717, 1.165) is 25.7 Å². The highest BCUT2D eigenvalue weighted by Crippen LogP contribution is 2.19. The van der Waals surface area contributed by atoms with Crippen molar-refractivity contribution in [2.24, 2.45) is 11.8 Å². The molecule has 0 amide bonds. The van der Waals surface area contributed by atoms with Crippen LogP contribution in [0.3, 0.4) is 0 Å². The number of allylic oxidation sites excluding steroid dienone is 2. The van der Waals surface area contributed by atoms with E-state index < -0.39 is 0 Å². The Morgan fingerprint density at radius 3 is 2.29 bits per heavy atom. The summed E-state index contributed by atoms with van der Waals surface area (Å²) < 4.78 is 0. The third-order valence-corrected chi connectivity index (χ3v) is 4.42. The molecule has 0 fully saturated rings. The molecule has 0 heterocycles. The molecule has 2 nitrogen and oxygen atoms in total. The molecule has 0 aliphatic heterocycles. The van der Waals surface area contributed by atoms with Gasteiger partial charge in [-0.3, -0.25) is 4.79 Å². The fourth-order valence-corrected chi connectivity index (χ4v) is 2.51. The van der Waals surface area contributed by atoms with E-state index in [-0.39, 0.29) is 12.4 Å². The minimum absolute atomic E-state index is 0.276. The summed E-state index contributed by atoms with van der Waals surface area (Å²) in [6.07, 6.45) is 14.9. The van der Waals surface area contributed by atoms with E-state index in [0.29, 0.717) is 18.3 Å². The van der Waals surface area contributed by atoms with E-state index in [1.165, 1.54) is 32.1 Å². The van der Waals surface area contributed by atoms with Crippen molar-refractivity contribution in [2.45, 2.75) is 85.0 Å². The Balaban J connectivity index is 3.57. The molecule has 0 radical (unpaired) electrons. The summed E-state index contributed by atoms with van der Waals surface area (Å²) in [5, 5.41) is 8.92. The third-order valence-electron chi connectivity index (χ3n) is 4.42. The second-order valence-corrected chi connectivity index (χ2v) is 6.43. The third kappa shape index (κ3) is 12.8. The normalized spacial score (nSPS) is 14.5. The van der Waals surface area contributed by atoms with Gasteiger partial charge in [0.25, 0.3) is 0 Å². The Labute approximate surface area is 132 Å². The number of ketones is 1. The number of carbonyl (C=O) groups is 1. The van der Waals surface area contributed by atoms with Crippen molar-refractivity contribution >= 4 is 5.78 Å². The Morgan fingerprint density at radius 2 is 1.62 bits per heavy atom. The molecule has 0 saturated carbocycles. The van der Waals surface area contributed by atoms with E-state index in [1.54, 1.807) is 6.08 Å². The van der Waals surface area contributed by atoms with Crippen LogP contribution in [0.5, 0.6) is 0 Å². The molecule has 2 atom stereocenters. The Morgan fingerprint density at radius 1 is 1.00 bits per heavy atom. The summed E-state index contributed by atoms with van der Waals surface area (Å²) in [5.41, 5.74) is 0. The molecule has 0 rings (SSSR count). The molecule has 0 saturated heterocycles. The molecule has 0 aliphatic carbocycles. The van der Waals surface area contributed by atoms with E-state index in [4.69, 9.17) is 5.11 Å². The summed E-state index contributed by atoms with van der Waals surface area (Å²) in [7, 11) is 0. The molecule has 0 aromatic rings. The van der Waals surface area contributed by atoms with Crippen molar-refractivity contribution < 1.29 is 9.90 Å². The van der Waals surface area contributed by atoms with E-state index >= 15 is 0 Å². The first-order chi connectivity index (χ1) is 10.1. The summed E-state index contributed by atoms with van der Waals surface area (Å²) in [5.74, 6) is 1.44. The molecular formula is C19H36O2. The second-order valence-electron chi connectivity index (χ2n) is 6.43. The van der Waals surface area contributed by atoms with Crippen LogP contribution in [0.15, 0.2) is 12.2 Å². The number of hydrogen-bond acceptors (Lipinski definition) is 2. The fourth-order valence-electron chi connectivity index (χ4n) is 2.51. The maximum atomic E-state index is 11.7. The van der Waals surface area contributed by atoms with Gasteiger partial charge in [-0.1, -0.05) is 59.0 Å². The molecule has 0 aliphatic rings. The lowest BCUT2D eigenvalue weighted by Crippen LogP contribution is -2.09. The molecule has 1 N–H and O–H groups in total. The van der Waals surface area contributed by atoms with Crippen LogP contribution in [0.1, 0.15) is 85.0 Å². The maximum absolute atomic E-state index is 11.7. The highest BCUT2D eigenvalue weighted by Gasteiger charge is 2.10. The predicted octanol–water partition coefficient (Wildman–Crippen LogP) is 5.30. The summed E-state index contributed by atoms with van der Waals surface area (Å²) in [6.45, 7) is 6.92. The quantitative estimate of drug-likeness (QED) is 0.349. The van der Waals surface area contributed by atoms with Crippen LogP contribution in [0.25, 0.3) is 0 Å². The van der Waals surface area contributed by atoms with E-state index in [9.17, 15) is 4.79 Å². The lowest BCUT2D eigenvalue weighted by molar-refractivity contribution is -0.114. The first-order valence-corrected chi connectivity index (χ1v) is 8.92. The van der Waals surface area contributed by atoms with Gasteiger partial charge in [0, 0.05) is 13.0 Å². The number of aliphatic hydroxyl groups is 1. The van der Waals surface area contributed by atoms with Crippen LogP contribution in [0.2, 0.25) is 0 Å². The van der Waals surface area contributed by atoms with Gasteiger partial charge < -0.3 is 5.11 Å². The van der Waals surface area contributed by atoms with Gasteiger partial charge in [0.05, 0.1) is 0 Å². The Bertz CT molecular complexity index is 271. The van der Waals surface area contributed by atoms with Gasteiger partial charge in [-0.05, 0) is 43.6 Å². The first-order valence-electron chi connectivity index (χ1n) is 8.92. The molecular weight excluding hydrogens is 260 g/mol. The van der Waals surface area contributed by atoms with Gasteiger partial charge in [-0.2, -0.15) is 0 Å². The standard InChI is InChI=1S/C19H36O2/c1-4-5-6-7-8-9-13-19(21)14-11-10-12-17(2)18(3)15-16-20/h11,14,17-18,20H,4-10,12-13,15-16H2,1-3H3. The van der Waals surface area contributed by atoms with E-state index in [1.807, 2.05) is 6.08 Å². The van der Waals surface area contributed by atoms with Crippen molar-refractivity contribution in [3.05, 3.63) is 12.2 Å². The average Bonchev–Trinajstić information content (AvgIpc) is 2.47. The molecule has 0 aromatic carbocycles. The zero-order valence-electron chi connectivity index (χ0n) is 14.4. The Hall–Kier alpha value is -0.630. The number of unbranched alkanes of at least 4 members (excludes halogenated alkanes) is 5. The number of hydrogen-bond donors (Lipinski definition) is 1. The molecule has 2 unspecified atom stereocenters. The van der Waals surface area contributed by atoms with Crippen molar-refractivity contribution in [3.63, 3.8) is 0 Å². The van der Waals surface area contributed by atoms with Gasteiger partial charge in [0.1, 0.15) is 0 Å². The minimum atomic E-state index is 0.276.